The molecule has 0 atom stereocenters. The lowest BCUT2D eigenvalue weighted by molar-refractivity contribution is 0.0168. The SMILES string of the molecule is Cc1ccc(Nc2nc(C#N)c(F)cc2C(=O)NOCCO)c(F)c1. The molecule has 0 spiro atoms. The molecule has 1 heterocycles. The molecule has 1 amide bonds. The van der Waals surface area contributed by atoms with Gasteiger partial charge in [-0.05, 0) is 30.7 Å². The summed E-state index contributed by atoms with van der Waals surface area (Å²) in [5.41, 5.74) is 1.82. The molecule has 0 aliphatic heterocycles. The predicted octanol–water partition coefficient (Wildman–Crippen LogP) is 1.94. The normalized spacial score (nSPS) is 10.2. The maximum Gasteiger partial charge on any atom is 0.278 e. The number of hydrogen-bond acceptors (Lipinski definition) is 6. The second kappa shape index (κ2) is 8.14. The van der Waals surface area contributed by atoms with Gasteiger partial charge in [-0.3, -0.25) is 9.63 Å². The van der Waals surface area contributed by atoms with Crippen LogP contribution in [0.1, 0.15) is 21.6 Å². The van der Waals surface area contributed by atoms with Crippen molar-refractivity contribution in [3.05, 3.63) is 52.7 Å². The van der Waals surface area contributed by atoms with Crippen LogP contribution in [0, 0.1) is 29.9 Å². The van der Waals surface area contributed by atoms with Crippen molar-refractivity contribution < 1.29 is 23.5 Å². The Labute approximate surface area is 141 Å². The van der Waals surface area contributed by atoms with Crippen molar-refractivity contribution >= 4 is 17.4 Å². The van der Waals surface area contributed by atoms with Gasteiger partial charge in [0.2, 0.25) is 0 Å². The van der Waals surface area contributed by atoms with Crippen molar-refractivity contribution in [2.75, 3.05) is 18.5 Å². The van der Waals surface area contributed by atoms with E-state index in [-0.39, 0.29) is 30.3 Å². The highest BCUT2D eigenvalue weighted by Crippen LogP contribution is 2.24. The summed E-state index contributed by atoms with van der Waals surface area (Å²) < 4.78 is 27.8. The van der Waals surface area contributed by atoms with E-state index in [1.165, 1.54) is 12.1 Å². The Morgan fingerprint density at radius 1 is 1.36 bits per heavy atom. The van der Waals surface area contributed by atoms with Crippen LogP contribution >= 0.6 is 0 Å². The molecule has 0 bridgehead atoms. The minimum atomic E-state index is -1.01. The van der Waals surface area contributed by atoms with Crippen molar-refractivity contribution in [2.45, 2.75) is 6.92 Å². The number of hydroxylamine groups is 1. The van der Waals surface area contributed by atoms with Gasteiger partial charge in [-0.25, -0.2) is 19.2 Å². The first kappa shape index (κ1) is 18.3. The van der Waals surface area contributed by atoms with E-state index >= 15 is 0 Å². The lowest BCUT2D eigenvalue weighted by Gasteiger charge is -2.13. The maximum absolute atomic E-state index is 14.0. The number of aromatic nitrogens is 1. The Bertz CT molecular complexity index is 837. The molecule has 0 fully saturated rings. The van der Waals surface area contributed by atoms with Crippen molar-refractivity contribution in [3.63, 3.8) is 0 Å². The molecule has 2 rings (SSSR count). The van der Waals surface area contributed by atoms with Crippen molar-refractivity contribution in [2.24, 2.45) is 0 Å². The highest BCUT2D eigenvalue weighted by atomic mass is 19.1. The van der Waals surface area contributed by atoms with Crippen LogP contribution in [0.4, 0.5) is 20.3 Å². The molecular formula is C16H14F2N4O3. The topological polar surface area (TPSA) is 107 Å². The molecule has 0 saturated heterocycles. The number of nitrogens with one attached hydrogen (secondary N) is 2. The zero-order valence-corrected chi connectivity index (χ0v) is 13.1. The molecule has 2 aromatic rings. The fraction of sp³-hybridized carbons (Fsp3) is 0.188. The number of aryl methyl sites for hydroxylation is 1. The standard InChI is InChI=1S/C16H14F2N4O3/c1-9-2-3-13(11(17)6-9)20-15-10(16(24)22-25-5-4-23)7-12(18)14(8-19)21-15/h2-3,6-7,23H,4-5H2,1H3,(H,20,21)(H,22,24). The molecular weight excluding hydrogens is 334 g/mol. The number of hydrogen-bond donors (Lipinski definition) is 3. The molecule has 3 N–H and O–H groups in total. The number of benzene rings is 1. The van der Waals surface area contributed by atoms with Gasteiger partial charge in [0, 0.05) is 0 Å². The third-order valence-electron chi connectivity index (χ3n) is 3.06. The monoisotopic (exact) mass is 348 g/mol. The fourth-order valence-corrected chi connectivity index (χ4v) is 1.90. The summed E-state index contributed by atoms with van der Waals surface area (Å²) in [6.07, 6.45) is 0. The van der Waals surface area contributed by atoms with Gasteiger partial charge in [0.05, 0.1) is 24.5 Å². The average molecular weight is 348 g/mol. The van der Waals surface area contributed by atoms with Gasteiger partial charge in [0.1, 0.15) is 17.7 Å². The molecule has 130 valence electrons. The zero-order valence-electron chi connectivity index (χ0n) is 13.1. The number of aliphatic hydroxyl groups excluding tert-OH is 1. The van der Waals surface area contributed by atoms with Gasteiger partial charge in [-0.2, -0.15) is 5.26 Å². The third-order valence-corrected chi connectivity index (χ3v) is 3.06. The number of pyridine rings is 1. The molecule has 0 aliphatic carbocycles. The van der Waals surface area contributed by atoms with E-state index in [9.17, 15) is 13.6 Å². The number of amides is 1. The van der Waals surface area contributed by atoms with Gasteiger partial charge in [0.25, 0.3) is 5.91 Å². The quantitative estimate of drug-likeness (QED) is 0.544. The summed E-state index contributed by atoms with van der Waals surface area (Å²) in [4.78, 5) is 20.5. The summed E-state index contributed by atoms with van der Waals surface area (Å²) >= 11 is 0. The summed E-state index contributed by atoms with van der Waals surface area (Å²) in [6, 6.07) is 6.65. The number of nitrogens with zero attached hydrogens (tertiary/aromatic N) is 2. The van der Waals surface area contributed by atoms with E-state index in [1.54, 1.807) is 19.1 Å². The number of carbonyl (C=O) groups is 1. The van der Waals surface area contributed by atoms with Crippen molar-refractivity contribution in [1.29, 1.82) is 5.26 Å². The number of nitriles is 1. The minimum Gasteiger partial charge on any atom is -0.394 e. The Kier molecular flexibility index (Phi) is 5.94. The molecule has 0 aliphatic rings. The van der Waals surface area contributed by atoms with Gasteiger partial charge >= 0.3 is 0 Å². The van der Waals surface area contributed by atoms with Crippen molar-refractivity contribution in [3.8, 4) is 6.07 Å². The summed E-state index contributed by atoms with van der Waals surface area (Å²) in [5, 5.41) is 20.1. The van der Waals surface area contributed by atoms with Crippen LogP contribution in [0.2, 0.25) is 0 Å². The maximum atomic E-state index is 14.0. The van der Waals surface area contributed by atoms with Gasteiger partial charge in [-0.15, -0.1) is 0 Å². The summed E-state index contributed by atoms with van der Waals surface area (Å²) in [6.45, 7) is 1.20. The Morgan fingerprint density at radius 2 is 2.12 bits per heavy atom. The molecule has 0 radical (unpaired) electrons. The van der Waals surface area contributed by atoms with E-state index in [0.29, 0.717) is 5.56 Å². The second-order valence-electron chi connectivity index (χ2n) is 4.94. The van der Waals surface area contributed by atoms with Crippen molar-refractivity contribution in [1.82, 2.24) is 10.5 Å². The molecule has 25 heavy (non-hydrogen) atoms. The Morgan fingerprint density at radius 3 is 2.76 bits per heavy atom. The van der Waals surface area contributed by atoms with Crippen LogP contribution in [0.3, 0.4) is 0 Å². The largest absolute Gasteiger partial charge is 0.394 e. The predicted molar refractivity (Wildman–Crippen MR) is 83.8 cm³/mol. The molecule has 9 heteroatoms. The van der Waals surface area contributed by atoms with E-state index in [1.807, 2.05) is 5.48 Å². The average Bonchev–Trinajstić information content (AvgIpc) is 2.58. The molecule has 1 aromatic carbocycles. The number of rotatable bonds is 6. The first-order valence-corrected chi connectivity index (χ1v) is 7.13. The van der Waals surface area contributed by atoms with Gasteiger partial charge in [0.15, 0.2) is 11.5 Å². The lowest BCUT2D eigenvalue weighted by Crippen LogP contribution is -2.26. The molecule has 0 unspecified atom stereocenters. The zero-order chi connectivity index (χ0) is 18.4. The molecule has 0 saturated carbocycles. The van der Waals surface area contributed by atoms with Crippen LogP contribution in [-0.2, 0) is 4.84 Å². The Hall–Kier alpha value is -3.09. The smallest absolute Gasteiger partial charge is 0.278 e. The summed E-state index contributed by atoms with van der Waals surface area (Å²) in [7, 11) is 0. The van der Waals surface area contributed by atoms with Crippen LogP contribution < -0.4 is 10.8 Å². The summed E-state index contributed by atoms with van der Waals surface area (Å²) in [5.74, 6) is -2.71. The number of carbonyl (C=O) groups excluding carboxylic acids is 1. The van der Waals surface area contributed by atoms with E-state index < -0.39 is 23.2 Å². The van der Waals surface area contributed by atoms with E-state index in [0.717, 1.165) is 6.07 Å². The van der Waals surface area contributed by atoms with Crippen LogP contribution in [0.25, 0.3) is 0 Å². The first-order valence-electron chi connectivity index (χ1n) is 7.13. The lowest BCUT2D eigenvalue weighted by atomic mass is 10.2. The number of aliphatic hydroxyl groups is 1. The van der Waals surface area contributed by atoms with E-state index in [2.05, 4.69) is 15.1 Å². The third kappa shape index (κ3) is 4.47. The molecule has 7 nitrogen and oxygen atoms in total. The van der Waals surface area contributed by atoms with Gasteiger partial charge < -0.3 is 10.4 Å². The Balaban J connectivity index is 2.40. The van der Waals surface area contributed by atoms with Crippen LogP contribution in [-0.4, -0.2) is 29.2 Å². The number of halogens is 2. The van der Waals surface area contributed by atoms with Gasteiger partial charge in [-0.1, -0.05) is 6.07 Å². The molecule has 1 aromatic heterocycles. The highest BCUT2D eigenvalue weighted by Gasteiger charge is 2.19. The van der Waals surface area contributed by atoms with E-state index in [4.69, 9.17) is 10.4 Å². The number of anilines is 2. The first-order chi connectivity index (χ1) is 12.0. The van der Waals surface area contributed by atoms with Crippen LogP contribution in [0.5, 0.6) is 0 Å². The highest BCUT2D eigenvalue weighted by molar-refractivity contribution is 5.99. The van der Waals surface area contributed by atoms with Crippen LogP contribution in [0.15, 0.2) is 24.3 Å². The second-order valence-corrected chi connectivity index (χ2v) is 4.94. The minimum absolute atomic E-state index is 0.000996. The fourth-order valence-electron chi connectivity index (χ4n) is 1.90.